The normalized spacial score (nSPS) is 13.2. The Bertz CT molecular complexity index is 596. The van der Waals surface area contributed by atoms with Crippen molar-refractivity contribution in [3.63, 3.8) is 0 Å². The Labute approximate surface area is 146 Å². The first-order chi connectivity index (χ1) is 11.4. The van der Waals surface area contributed by atoms with Crippen LogP contribution < -0.4 is 0 Å². The van der Waals surface area contributed by atoms with Gasteiger partial charge in [0.2, 0.25) is 0 Å². The Morgan fingerprint density at radius 2 is 1.12 bits per heavy atom. The van der Waals surface area contributed by atoms with E-state index in [4.69, 9.17) is 9.47 Å². The van der Waals surface area contributed by atoms with Gasteiger partial charge in [-0.15, -0.1) is 0 Å². The van der Waals surface area contributed by atoms with E-state index in [-0.39, 0.29) is 12.2 Å². The number of rotatable bonds is 8. The molecule has 0 aromatic heterocycles. The minimum absolute atomic E-state index is 0.147. The second kappa shape index (κ2) is 9.42. The number of nitriles is 2. The summed E-state index contributed by atoms with van der Waals surface area (Å²) in [5.74, 6) is 0. The van der Waals surface area contributed by atoms with Crippen molar-refractivity contribution in [2.75, 3.05) is 0 Å². The molecule has 4 heteroatoms. The molecule has 0 saturated carbocycles. The Morgan fingerprint density at radius 1 is 0.792 bits per heavy atom. The molecule has 0 spiro atoms. The smallest absolute Gasteiger partial charge is 0.101 e. The molecule has 4 nitrogen and oxygen atoms in total. The van der Waals surface area contributed by atoms with Crippen LogP contribution >= 0.6 is 0 Å². The predicted octanol–water partition coefficient (Wildman–Crippen LogP) is 4.68. The summed E-state index contributed by atoms with van der Waals surface area (Å²) in [4.78, 5) is 0. The van der Waals surface area contributed by atoms with Crippen molar-refractivity contribution in [1.82, 2.24) is 0 Å². The van der Waals surface area contributed by atoms with E-state index in [0.29, 0.717) is 24.3 Å². The van der Waals surface area contributed by atoms with Gasteiger partial charge >= 0.3 is 0 Å². The number of hydrogen-bond donors (Lipinski definition) is 0. The third-order valence-corrected chi connectivity index (χ3v) is 4.67. The molecule has 0 fully saturated rings. The van der Waals surface area contributed by atoms with Crippen molar-refractivity contribution in [3.05, 3.63) is 33.4 Å². The summed E-state index contributed by atoms with van der Waals surface area (Å²) in [6, 6.07) is 4.36. The summed E-state index contributed by atoms with van der Waals surface area (Å²) in [6.07, 6.45) is 2.15. The molecule has 2 atom stereocenters. The number of nitrogens with zero attached hydrogens (tertiary/aromatic N) is 2. The van der Waals surface area contributed by atoms with Crippen LogP contribution in [0.2, 0.25) is 0 Å². The van der Waals surface area contributed by atoms with E-state index >= 15 is 0 Å². The van der Waals surface area contributed by atoms with Gasteiger partial charge in [-0.25, -0.2) is 0 Å². The van der Waals surface area contributed by atoms with E-state index in [0.717, 1.165) is 35.1 Å². The maximum absolute atomic E-state index is 9.48. The highest BCUT2D eigenvalue weighted by molar-refractivity contribution is 5.60. The maximum atomic E-state index is 9.48. The van der Waals surface area contributed by atoms with Gasteiger partial charge in [-0.05, 0) is 62.8 Å². The van der Waals surface area contributed by atoms with E-state index in [1.54, 1.807) is 0 Å². The first-order valence-corrected chi connectivity index (χ1v) is 8.59. The second-order valence-corrected chi connectivity index (χ2v) is 6.24. The van der Waals surface area contributed by atoms with Crippen molar-refractivity contribution in [2.45, 2.75) is 79.8 Å². The summed E-state index contributed by atoms with van der Waals surface area (Å²) in [5.41, 5.74) is 4.50. The van der Waals surface area contributed by atoms with Gasteiger partial charge in [-0.1, -0.05) is 13.8 Å². The largest absolute Gasteiger partial charge is 0.374 e. The first kappa shape index (κ1) is 20.2. The van der Waals surface area contributed by atoms with Gasteiger partial charge in [0, 0.05) is 0 Å². The lowest BCUT2D eigenvalue weighted by atomic mass is 9.89. The van der Waals surface area contributed by atoms with Crippen LogP contribution in [0.5, 0.6) is 0 Å². The first-order valence-electron chi connectivity index (χ1n) is 8.59. The van der Waals surface area contributed by atoms with Gasteiger partial charge in [-0.2, -0.15) is 10.5 Å². The minimum atomic E-state index is 0.147. The summed E-state index contributed by atoms with van der Waals surface area (Å²) >= 11 is 0. The van der Waals surface area contributed by atoms with Gasteiger partial charge in [0.15, 0.2) is 0 Å². The van der Waals surface area contributed by atoms with Crippen LogP contribution in [0.1, 0.15) is 73.9 Å². The molecule has 0 N–H and O–H groups in total. The Morgan fingerprint density at radius 3 is 1.38 bits per heavy atom. The van der Waals surface area contributed by atoms with Gasteiger partial charge in [0.25, 0.3) is 0 Å². The van der Waals surface area contributed by atoms with Crippen molar-refractivity contribution in [3.8, 4) is 12.1 Å². The highest BCUT2D eigenvalue weighted by Gasteiger charge is 2.20. The third kappa shape index (κ3) is 4.57. The fourth-order valence-corrected chi connectivity index (χ4v) is 2.49. The van der Waals surface area contributed by atoms with Crippen molar-refractivity contribution in [1.29, 1.82) is 10.5 Å². The van der Waals surface area contributed by atoms with Crippen LogP contribution in [-0.2, 0) is 22.7 Å². The zero-order chi connectivity index (χ0) is 18.3. The lowest BCUT2D eigenvalue weighted by Gasteiger charge is -2.21. The third-order valence-electron chi connectivity index (χ3n) is 4.67. The average Bonchev–Trinajstić information content (AvgIpc) is 2.59. The monoisotopic (exact) mass is 328 g/mol. The Balaban J connectivity index is 3.37. The lowest BCUT2D eigenvalue weighted by Crippen LogP contribution is -2.14. The SMILES string of the molecule is CC[C@@H](C)OCc1c(C)c(C#N)c(C#N)c(C)c1CO[C@H](C)CC. The molecule has 0 unspecified atom stereocenters. The van der Waals surface area contributed by atoms with E-state index in [1.165, 1.54) is 0 Å². The van der Waals surface area contributed by atoms with Crippen LogP contribution in [0, 0.1) is 36.5 Å². The zero-order valence-electron chi connectivity index (χ0n) is 15.7. The highest BCUT2D eigenvalue weighted by atomic mass is 16.5. The van der Waals surface area contributed by atoms with Crippen molar-refractivity contribution in [2.24, 2.45) is 0 Å². The van der Waals surface area contributed by atoms with E-state index in [9.17, 15) is 10.5 Å². The molecule has 0 amide bonds. The van der Waals surface area contributed by atoms with Crippen LogP contribution in [-0.4, -0.2) is 12.2 Å². The van der Waals surface area contributed by atoms with Crippen molar-refractivity contribution >= 4 is 0 Å². The van der Waals surface area contributed by atoms with Gasteiger partial charge in [0.1, 0.15) is 12.1 Å². The number of hydrogen-bond acceptors (Lipinski definition) is 4. The van der Waals surface area contributed by atoms with Crippen LogP contribution in [0.15, 0.2) is 0 Å². The summed E-state index contributed by atoms with van der Waals surface area (Å²) < 4.78 is 11.8. The molecular formula is C20H28N2O2. The maximum Gasteiger partial charge on any atom is 0.101 e. The molecule has 1 rings (SSSR count). The molecule has 0 aliphatic carbocycles. The summed E-state index contributed by atoms with van der Waals surface area (Å²) in [5, 5.41) is 19.0. The predicted molar refractivity (Wildman–Crippen MR) is 94.4 cm³/mol. The van der Waals surface area contributed by atoms with Crippen LogP contribution in [0.4, 0.5) is 0 Å². The molecule has 1 aromatic rings. The Kier molecular flexibility index (Phi) is 7.92. The van der Waals surface area contributed by atoms with Crippen LogP contribution in [0.25, 0.3) is 0 Å². The van der Waals surface area contributed by atoms with Crippen molar-refractivity contribution < 1.29 is 9.47 Å². The molecule has 0 aliphatic rings. The van der Waals surface area contributed by atoms with E-state index < -0.39 is 0 Å². The zero-order valence-corrected chi connectivity index (χ0v) is 15.7. The van der Waals surface area contributed by atoms with E-state index in [1.807, 2.05) is 27.7 Å². The van der Waals surface area contributed by atoms with Gasteiger partial charge in [0.05, 0.1) is 36.5 Å². The summed E-state index contributed by atoms with van der Waals surface area (Å²) in [6.45, 7) is 12.9. The molecule has 0 radical (unpaired) electrons. The van der Waals surface area contributed by atoms with E-state index in [2.05, 4.69) is 26.0 Å². The van der Waals surface area contributed by atoms with Gasteiger partial charge < -0.3 is 9.47 Å². The molecule has 1 aromatic carbocycles. The number of ether oxygens (including phenoxy) is 2. The fraction of sp³-hybridized carbons (Fsp3) is 0.600. The molecule has 0 heterocycles. The molecular weight excluding hydrogens is 300 g/mol. The summed E-state index contributed by atoms with van der Waals surface area (Å²) in [7, 11) is 0. The Hall–Kier alpha value is -1.88. The molecule has 24 heavy (non-hydrogen) atoms. The van der Waals surface area contributed by atoms with Gasteiger partial charge in [-0.3, -0.25) is 0 Å². The highest BCUT2D eigenvalue weighted by Crippen LogP contribution is 2.29. The molecule has 130 valence electrons. The van der Waals surface area contributed by atoms with Crippen LogP contribution in [0.3, 0.4) is 0 Å². The lowest BCUT2D eigenvalue weighted by molar-refractivity contribution is 0.0392. The average molecular weight is 328 g/mol. The minimum Gasteiger partial charge on any atom is -0.374 e. The quantitative estimate of drug-likeness (QED) is 0.695. The molecule has 0 aliphatic heterocycles. The standard InChI is InChI=1S/C20H28N2O2/c1-7-13(3)23-11-19-15(5)17(9-21)18(10-22)16(6)20(19)12-24-14(4)8-2/h13-14H,7-8,11-12H2,1-6H3/t13-,14-/m1/s1. The number of benzene rings is 1. The second-order valence-electron chi connectivity index (χ2n) is 6.24. The topological polar surface area (TPSA) is 66.0 Å². The fourth-order valence-electron chi connectivity index (χ4n) is 2.49. The molecule has 0 bridgehead atoms. The molecule has 0 saturated heterocycles.